The quantitative estimate of drug-likeness (QED) is 0.238. The highest BCUT2D eigenvalue weighted by Gasteiger charge is 2.30. The number of carbonyl (C=O) groups is 1. The van der Waals surface area contributed by atoms with Crippen LogP contribution in [0.4, 0.5) is 8.78 Å². The van der Waals surface area contributed by atoms with E-state index in [4.69, 9.17) is 14.2 Å². The minimum Gasteiger partial charge on any atom is -0.493 e. The molecule has 0 aliphatic heterocycles. The van der Waals surface area contributed by atoms with Gasteiger partial charge in [-0.25, -0.2) is 8.78 Å². The molecule has 1 unspecified atom stereocenters. The lowest BCUT2D eigenvalue weighted by atomic mass is 9.82. The van der Waals surface area contributed by atoms with Crippen molar-refractivity contribution in [1.29, 1.82) is 0 Å². The molecule has 0 aromatic heterocycles. The molecule has 4 rings (SSSR count). The standard InChI is InChI=1S/C34H40F2N2O4/c1-23(42-34(2,3)4)37-17-18-38(33(39)29-12-8-10-25-9-6-7-11-28(25)29)21-24-13-16-31(32(19-24)40-5)41-22-26-14-15-27(35)20-30(26)36/h6-7,9,11,13-16,19-20,29,37H,1,8,10,12,17-18,21-22H2,2-5H3. The van der Waals surface area contributed by atoms with Crippen molar-refractivity contribution in [1.82, 2.24) is 10.2 Å². The summed E-state index contributed by atoms with van der Waals surface area (Å²) in [5.41, 5.74) is 3.04. The third kappa shape index (κ3) is 8.24. The predicted molar refractivity (Wildman–Crippen MR) is 159 cm³/mol. The maximum atomic E-state index is 14.1. The first-order valence-electron chi connectivity index (χ1n) is 14.3. The molecule has 3 aromatic carbocycles. The van der Waals surface area contributed by atoms with Crippen LogP contribution in [0, 0.1) is 11.6 Å². The number of halogens is 2. The van der Waals surface area contributed by atoms with E-state index in [-0.39, 0.29) is 29.6 Å². The first kappa shape index (κ1) is 30.9. The Hall–Kier alpha value is -4.07. The van der Waals surface area contributed by atoms with Gasteiger partial charge in [0.1, 0.15) is 23.8 Å². The van der Waals surface area contributed by atoms with Crippen molar-refractivity contribution >= 4 is 5.91 Å². The molecule has 8 heteroatoms. The first-order chi connectivity index (χ1) is 20.0. The lowest BCUT2D eigenvalue weighted by Crippen LogP contribution is -2.40. The highest BCUT2D eigenvalue weighted by molar-refractivity contribution is 5.84. The van der Waals surface area contributed by atoms with E-state index in [1.807, 2.05) is 49.9 Å². The summed E-state index contributed by atoms with van der Waals surface area (Å²) >= 11 is 0. The second-order valence-corrected chi connectivity index (χ2v) is 11.5. The number of nitrogens with zero attached hydrogens (tertiary/aromatic N) is 1. The summed E-state index contributed by atoms with van der Waals surface area (Å²) in [7, 11) is 1.52. The van der Waals surface area contributed by atoms with Crippen molar-refractivity contribution in [3.63, 3.8) is 0 Å². The van der Waals surface area contributed by atoms with Crippen molar-refractivity contribution in [3.05, 3.63) is 107 Å². The molecule has 0 radical (unpaired) electrons. The molecule has 1 aliphatic rings. The summed E-state index contributed by atoms with van der Waals surface area (Å²) < 4.78 is 44.5. The van der Waals surface area contributed by atoms with E-state index in [1.54, 1.807) is 6.07 Å². The minimum atomic E-state index is -0.673. The summed E-state index contributed by atoms with van der Waals surface area (Å²) in [6.45, 7) is 11.0. The molecule has 6 nitrogen and oxygen atoms in total. The molecule has 0 saturated carbocycles. The van der Waals surface area contributed by atoms with E-state index in [0.717, 1.165) is 36.5 Å². The molecule has 1 N–H and O–H groups in total. The van der Waals surface area contributed by atoms with E-state index in [0.29, 0.717) is 37.0 Å². The Morgan fingerprint density at radius 2 is 1.86 bits per heavy atom. The van der Waals surface area contributed by atoms with Gasteiger partial charge in [0.05, 0.1) is 13.0 Å². The number of benzene rings is 3. The van der Waals surface area contributed by atoms with Crippen LogP contribution in [0.3, 0.4) is 0 Å². The summed E-state index contributed by atoms with van der Waals surface area (Å²) in [5.74, 6) is -0.129. The summed E-state index contributed by atoms with van der Waals surface area (Å²) in [4.78, 5) is 15.9. The molecule has 42 heavy (non-hydrogen) atoms. The molecular weight excluding hydrogens is 538 g/mol. The number of aryl methyl sites for hydroxylation is 1. The van der Waals surface area contributed by atoms with Crippen molar-refractivity contribution in [2.24, 2.45) is 0 Å². The molecule has 1 atom stereocenters. The summed E-state index contributed by atoms with van der Waals surface area (Å²) in [6, 6.07) is 17.0. The van der Waals surface area contributed by atoms with Gasteiger partial charge in [-0.2, -0.15) is 0 Å². The van der Waals surface area contributed by atoms with Crippen LogP contribution in [-0.2, 0) is 29.1 Å². The van der Waals surface area contributed by atoms with Gasteiger partial charge in [0.25, 0.3) is 0 Å². The van der Waals surface area contributed by atoms with Crippen LogP contribution < -0.4 is 14.8 Å². The smallest absolute Gasteiger partial charge is 0.230 e. The Balaban J connectivity index is 1.51. The number of amides is 1. The summed E-state index contributed by atoms with van der Waals surface area (Å²) in [5, 5.41) is 3.19. The van der Waals surface area contributed by atoms with Crippen molar-refractivity contribution in [3.8, 4) is 11.5 Å². The van der Waals surface area contributed by atoms with Gasteiger partial charge >= 0.3 is 0 Å². The van der Waals surface area contributed by atoms with Crippen molar-refractivity contribution in [2.45, 2.75) is 64.7 Å². The predicted octanol–water partition coefficient (Wildman–Crippen LogP) is 6.88. The molecule has 1 aliphatic carbocycles. The lowest BCUT2D eigenvalue weighted by Gasteiger charge is -2.32. The third-order valence-corrected chi connectivity index (χ3v) is 7.11. The number of nitrogens with one attached hydrogen (secondary N) is 1. The largest absolute Gasteiger partial charge is 0.493 e. The average molecular weight is 579 g/mol. The van der Waals surface area contributed by atoms with Crippen LogP contribution in [0.15, 0.2) is 73.1 Å². The van der Waals surface area contributed by atoms with E-state index >= 15 is 0 Å². The molecule has 0 heterocycles. The molecule has 0 spiro atoms. The van der Waals surface area contributed by atoms with Gasteiger partial charge in [0.15, 0.2) is 17.4 Å². The molecule has 3 aromatic rings. The van der Waals surface area contributed by atoms with Gasteiger partial charge in [-0.3, -0.25) is 4.79 Å². The maximum absolute atomic E-state index is 14.1. The van der Waals surface area contributed by atoms with Crippen LogP contribution in [0.1, 0.15) is 61.8 Å². The van der Waals surface area contributed by atoms with Crippen LogP contribution in [-0.4, -0.2) is 36.6 Å². The van der Waals surface area contributed by atoms with E-state index in [9.17, 15) is 13.6 Å². The Bertz CT molecular complexity index is 1400. The topological polar surface area (TPSA) is 60.0 Å². The fourth-order valence-corrected chi connectivity index (χ4v) is 5.18. The fourth-order valence-electron chi connectivity index (χ4n) is 5.18. The molecule has 0 bridgehead atoms. The number of rotatable bonds is 12. The number of hydrogen-bond donors (Lipinski definition) is 1. The highest BCUT2D eigenvalue weighted by atomic mass is 19.1. The summed E-state index contributed by atoms with van der Waals surface area (Å²) in [6.07, 6.45) is 2.74. The second kappa shape index (κ2) is 13.7. The Labute approximate surface area is 247 Å². The monoisotopic (exact) mass is 578 g/mol. The van der Waals surface area contributed by atoms with Crippen LogP contribution >= 0.6 is 0 Å². The van der Waals surface area contributed by atoms with Gasteiger partial charge in [-0.15, -0.1) is 0 Å². The Kier molecular flexibility index (Phi) is 10.1. The average Bonchev–Trinajstić information content (AvgIpc) is 2.95. The SMILES string of the molecule is C=C(NCCN(Cc1ccc(OCc2ccc(F)cc2F)c(OC)c1)C(=O)C1CCCc2ccccc21)OC(C)(C)C. The van der Waals surface area contributed by atoms with E-state index in [1.165, 1.54) is 24.8 Å². The second-order valence-electron chi connectivity index (χ2n) is 11.5. The molecule has 224 valence electrons. The van der Waals surface area contributed by atoms with E-state index in [2.05, 4.69) is 24.0 Å². The minimum absolute atomic E-state index is 0.0670. The van der Waals surface area contributed by atoms with Gasteiger partial charge in [0.2, 0.25) is 5.91 Å². The number of methoxy groups -OCH3 is 1. The van der Waals surface area contributed by atoms with Gasteiger partial charge in [-0.05, 0) is 87.6 Å². The Morgan fingerprint density at radius 3 is 2.60 bits per heavy atom. The van der Waals surface area contributed by atoms with E-state index < -0.39 is 11.6 Å². The number of ether oxygens (including phenoxy) is 3. The number of hydrogen-bond acceptors (Lipinski definition) is 5. The maximum Gasteiger partial charge on any atom is 0.230 e. The Morgan fingerprint density at radius 1 is 1.07 bits per heavy atom. The van der Waals surface area contributed by atoms with Crippen molar-refractivity contribution in [2.75, 3.05) is 20.2 Å². The van der Waals surface area contributed by atoms with Crippen molar-refractivity contribution < 1.29 is 27.8 Å². The number of fused-ring (bicyclic) bond motifs is 1. The molecule has 0 saturated heterocycles. The third-order valence-electron chi connectivity index (χ3n) is 7.11. The van der Waals surface area contributed by atoms with Crippen LogP contribution in [0.2, 0.25) is 0 Å². The molecule has 1 amide bonds. The van der Waals surface area contributed by atoms with Gasteiger partial charge < -0.3 is 24.4 Å². The normalized spacial score (nSPS) is 14.5. The zero-order valence-corrected chi connectivity index (χ0v) is 24.8. The zero-order chi connectivity index (χ0) is 30.3. The molecule has 0 fully saturated rings. The zero-order valence-electron chi connectivity index (χ0n) is 24.8. The van der Waals surface area contributed by atoms with Crippen LogP contribution in [0.25, 0.3) is 0 Å². The molecular formula is C34H40F2N2O4. The van der Waals surface area contributed by atoms with Crippen LogP contribution in [0.5, 0.6) is 11.5 Å². The van der Waals surface area contributed by atoms with Gasteiger partial charge in [0, 0.05) is 31.3 Å². The lowest BCUT2D eigenvalue weighted by molar-refractivity contribution is -0.133. The fraction of sp³-hybridized carbons (Fsp3) is 0.382. The number of carbonyl (C=O) groups excluding carboxylic acids is 1. The first-order valence-corrected chi connectivity index (χ1v) is 14.3. The van der Waals surface area contributed by atoms with Gasteiger partial charge in [-0.1, -0.05) is 30.3 Å². The highest BCUT2D eigenvalue weighted by Crippen LogP contribution is 2.34.